The van der Waals surface area contributed by atoms with Crippen LogP contribution >= 0.6 is 11.3 Å². The van der Waals surface area contributed by atoms with Gasteiger partial charge in [-0.25, -0.2) is 9.78 Å². The Labute approximate surface area is 100 Å². The number of nitrogens with zero attached hydrogens (tertiary/aromatic N) is 2. The number of carboxylic acid groups (broad SMARTS) is 1. The zero-order chi connectivity index (χ0) is 12.4. The molecule has 88 valence electrons. The molecule has 0 aromatic carbocycles. The van der Waals surface area contributed by atoms with Gasteiger partial charge < -0.3 is 15.1 Å². The fraction of sp³-hybridized carbons (Fsp3) is 0.100. The lowest BCUT2D eigenvalue weighted by molar-refractivity contribution is -0.593. The molecule has 2 rings (SSSR count). The van der Waals surface area contributed by atoms with Crippen LogP contribution in [0.2, 0.25) is 0 Å². The van der Waals surface area contributed by atoms with E-state index in [2.05, 4.69) is 9.72 Å². The van der Waals surface area contributed by atoms with Crippen LogP contribution in [-0.4, -0.2) is 16.2 Å². The molecule has 0 fully saturated rings. The van der Waals surface area contributed by atoms with Crippen LogP contribution in [0.5, 0.6) is 5.06 Å². The molecule has 0 saturated carbocycles. The van der Waals surface area contributed by atoms with Crippen LogP contribution in [0.3, 0.4) is 0 Å². The molecule has 17 heavy (non-hydrogen) atoms. The number of thiazole rings is 1. The highest BCUT2D eigenvalue weighted by molar-refractivity contribution is 7.16. The van der Waals surface area contributed by atoms with E-state index in [1.807, 2.05) is 0 Å². The van der Waals surface area contributed by atoms with E-state index in [-0.39, 0.29) is 5.06 Å². The molecule has 2 aromatic rings. The average molecular weight is 252 g/mol. The number of hydrogen-bond donors (Lipinski definition) is 1. The van der Waals surface area contributed by atoms with Crippen LogP contribution in [-0.2, 0) is 0 Å². The highest BCUT2D eigenvalue weighted by Crippen LogP contribution is 2.32. The summed E-state index contributed by atoms with van der Waals surface area (Å²) in [6, 6.07) is 4.92. The molecule has 1 N–H and O–H groups in total. The normalized spacial score (nSPS) is 10.2. The summed E-state index contributed by atoms with van der Waals surface area (Å²) in [6.45, 7) is 1.62. The summed E-state index contributed by atoms with van der Waals surface area (Å²) in [5.41, 5.74) is 0.803. The van der Waals surface area contributed by atoms with Crippen molar-refractivity contribution in [3.8, 4) is 15.8 Å². The third kappa shape index (κ3) is 2.34. The molecule has 0 bridgehead atoms. The monoisotopic (exact) mass is 252 g/mol. The van der Waals surface area contributed by atoms with Crippen molar-refractivity contribution in [3.63, 3.8) is 0 Å². The van der Waals surface area contributed by atoms with Gasteiger partial charge in [-0.1, -0.05) is 11.3 Å². The van der Waals surface area contributed by atoms with E-state index < -0.39 is 6.16 Å². The largest absolute Gasteiger partial charge is 0.618 e. The molecule has 0 radical (unpaired) electrons. The molecular formula is C10H8N2O4S. The summed E-state index contributed by atoms with van der Waals surface area (Å²) in [5.74, 6) is 0. The predicted molar refractivity (Wildman–Crippen MR) is 59.9 cm³/mol. The summed E-state index contributed by atoms with van der Waals surface area (Å²) < 4.78 is 5.22. The Morgan fingerprint density at radius 1 is 1.59 bits per heavy atom. The van der Waals surface area contributed by atoms with Gasteiger partial charge in [0.15, 0.2) is 11.2 Å². The van der Waals surface area contributed by atoms with Gasteiger partial charge in [0, 0.05) is 12.1 Å². The summed E-state index contributed by atoms with van der Waals surface area (Å²) in [4.78, 5) is 14.5. The smallest absolute Gasteiger partial charge is 0.512 e. The molecule has 0 spiro atoms. The zero-order valence-electron chi connectivity index (χ0n) is 8.78. The minimum absolute atomic E-state index is 0.177. The second-order valence-corrected chi connectivity index (χ2v) is 4.13. The maximum Gasteiger partial charge on any atom is 0.512 e. The van der Waals surface area contributed by atoms with Crippen molar-refractivity contribution in [2.75, 3.05) is 0 Å². The summed E-state index contributed by atoms with van der Waals surface area (Å²) in [5, 5.41) is 20.6. The lowest BCUT2D eigenvalue weighted by atomic mass is 10.3. The highest BCUT2D eigenvalue weighted by atomic mass is 32.1. The quantitative estimate of drug-likeness (QED) is 0.500. The molecule has 6 nitrogen and oxygen atoms in total. The highest BCUT2D eigenvalue weighted by Gasteiger charge is 2.17. The number of aromatic nitrogens is 2. The van der Waals surface area contributed by atoms with Gasteiger partial charge in [-0.15, -0.1) is 0 Å². The minimum Gasteiger partial charge on any atom is -0.618 e. The molecule has 0 aliphatic heterocycles. The molecule has 0 saturated heterocycles. The molecule has 0 atom stereocenters. The molecule has 0 amide bonds. The van der Waals surface area contributed by atoms with Crippen molar-refractivity contribution < 1.29 is 19.4 Å². The first-order valence-corrected chi connectivity index (χ1v) is 5.46. The third-order valence-corrected chi connectivity index (χ3v) is 3.04. The SMILES string of the molecule is Cc1nc(-c2cccc[n+]2[O-])sc1OC(=O)O. The minimum atomic E-state index is -1.40. The lowest BCUT2D eigenvalue weighted by Gasteiger charge is -1.99. The summed E-state index contributed by atoms with van der Waals surface area (Å²) in [6.07, 6.45) is -0.0459. The van der Waals surface area contributed by atoms with Crippen LogP contribution in [0.15, 0.2) is 24.4 Å². The van der Waals surface area contributed by atoms with Crippen molar-refractivity contribution in [1.82, 2.24) is 4.98 Å². The fourth-order valence-electron chi connectivity index (χ4n) is 1.26. The Balaban J connectivity index is 2.41. The molecule has 2 aromatic heterocycles. The summed E-state index contributed by atoms with van der Waals surface area (Å²) in [7, 11) is 0. The topological polar surface area (TPSA) is 86.4 Å². The van der Waals surface area contributed by atoms with E-state index in [1.54, 1.807) is 25.1 Å². The Kier molecular flexibility index (Phi) is 2.92. The summed E-state index contributed by atoms with van der Waals surface area (Å²) >= 11 is 1.02. The van der Waals surface area contributed by atoms with Crippen molar-refractivity contribution in [1.29, 1.82) is 0 Å². The number of aryl methyl sites for hydroxylation is 1. The van der Waals surface area contributed by atoms with Crippen LogP contribution in [0.1, 0.15) is 5.69 Å². The van der Waals surface area contributed by atoms with Crippen molar-refractivity contribution in [2.24, 2.45) is 0 Å². The molecule has 7 heteroatoms. The second-order valence-electron chi connectivity index (χ2n) is 3.17. The first-order chi connectivity index (χ1) is 8.08. The Morgan fingerprint density at radius 3 is 3.00 bits per heavy atom. The maximum absolute atomic E-state index is 11.5. The van der Waals surface area contributed by atoms with Crippen LogP contribution in [0.4, 0.5) is 4.79 Å². The van der Waals surface area contributed by atoms with Gasteiger partial charge in [-0.2, -0.15) is 4.73 Å². The van der Waals surface area contributed by atoms with E-state index in [1.165, 1.54) is 6.20 Å². The number of carbonyl (C=O) groups is 1. The van der Waals surface area contributed by atoms with Crippen LogP contribution < -0.4 is 9.47 Å². The van der Waals surface area contributed by atoms with E-state index in [9.17, 15) is 10.0 Å². The Hall–Kier alpha value is -2.15. The van der Waals surface area contributed by atoms with E-state index in [0.29, 0.717) is 21.1 Å². The van der Waals surface area contributed by atoms with Gasteiger partial charge in [0.05, 0.1) is 5.69 Å². The van der Waals surface area contributed by atoms with Gasteiger partial charge in [0.25, 0.3) is 5.69 Å². The number of rotatable bonds is 2. The molecule has 0 aliphatic rings. The molecule has 0 aliphatic carbocycles. The van der Waals surface area contributed by atoms with Gasteiger partial charge >= 0.3 is 6.16 Å². The predicted octanol–water partition coefficient (Wildman–Crippen LogP) is 1.81. The molecular weight excluding hydrogens is 244 g/mol. The van der Waals surface area contributed by atoms with E-state index in [4.69, 9.17) is 5.11 Å². The maximum atomic E-state index is 11.5. The molecule has 2 heterocycles. The van der Waals surface area contributed by atoms with E-state index >= 15 is 0 Å². The second kappa shape index (κ2) is 4.38. The Bertz CT molecular complexity index is 567. The standard InChI is InChI=1S/C10H8N2O4S/c1-6-9(16-10(13)14)17-8(11-6)7-4-2-3-5-12(7)15/h2-5H,1H3,(H,13,14). The number of pyridine rings is 1. The van der Waals surface area contributed by atoms with Gasteiger partial charge in [-0.3, -0.25) is 0 Å². The Morgan fingerprint density at radius 2 is 2.35 bits per heavy atom. The fourth-order valence-corrected chi connectivity index (χ4v) is 2.19. The first kappa shape index (κ1) is 11.3. The van der Waals surface area contributed by atoms with E-state index in [0.717, 1.165) is 11.3 Å². The third-order valence-electron chi connectivity index (χ3n) is 1.98. The van der Waals surface area contributed by atoms with Crippen LogP contribution in [0, 0.1) is 12.1 Å². The van der Waals surface area contributed by atoms with Gasteiger partial charge in [-0.05, 0) is 13.0 Å². The first-order valence-electron chi connectivity index (χ1n) is 4.64. The zero-order valence-corrected chi connectivity index (χ0v) is 9.60. The lowest BCUT2D eigenvalue weighted by Crippen LogP contribution is -2.27. The van der Waals surface area contributed by atoms with Gasteiger partial charge in [0.2, 0.25) is 5.06 Å². The number of ether oxygens (including phenoxy) is 1. The number of hydrogen-bond acceptors (Lipinski definition) is 5. The van der Waals surface area contributed by atoms with Crippen molar-refractivity contribution in [3.05, 3.63) is 35.3 Å². The molecule has 0 unspecified atom stereocenters. The van der Waals surface area contributed by atoms with Crippen molar-refractivity contribution in [2.45, 2.75) is 6.92 Å². The van der Waals surface area contributed by atoms with Crippen molar-refractivity contribution >= 4 is 17.5 Å². The average Bonchev–Trinajstić information content (AvgIpc) is 2.60. The van der Waals surface area contributed by atoms with Crippen LogP contribution in [0.25, 0.3) is 10.7 Å². The van der Waals surface area contributed by atoms with Gasteiger partial charge in [0.1, 0.15) is 0 Å².